The maximum Gasteiger partial charge on any atom is 0.372 e. The van der Waals surface area contributed by atoms with Gasteiger partial charge in [-0.3, -0.25) is 10.1 Å². The van der Waals surface area contributed by atoms with Crippen LogP contribution in [0.5, 0.6) is 5.88 Å². The third kappa shape index (κ3) is 4.11. The quantitative estimate of drug-likeness (QED) is 0.393. The van der Waals surface area contributed by atoms with Crippen molar-refractivity contribution in [1.82, 2.24) is 9.97 Å². The van der Waals surface area contributed by atoms with Crippen molar-refractivity contribution in [3.05, 3.63) is 16.4 Å². The highest BCUT2D eigenvalue weighted by atomic mass is 16.6. The highest BCUT2D eigenvalue weighted by Gasteiger charge is 2.22. The van der Waals surface area contributed by atoms with Gasteiger partial charge in [0.05, 0.1) is 24.7 Å². The molecule has 2 N–H and O–H groups in total. The van der Waals surface area contributed by atoms with Gasteiger partial charge in [0, 0.05) is 7.11 Å². The molecule has 0 saturated carbocycles. The number of nitrogens with two attached hydrogens (primary N) is 1. The molecule has 0 unspecified atom stereocenters. The van der Waals surface area contributed by atoms with E-state index in [1.807, 2.05) is 0 Å². The first kappa shape index (κ1) is 14.1. The first-order valence-corrected chi connectivity index (χ1v) is 5.11. The molecular formula is C9H14N4O5. The minimum atomic E-state index is -0.684. The highest BCUT2D eigenvalue weighted by Crippen LogP contribution is 2.28. The van der Waals surface area contributed by atoms with E-state index < -0.39 is 10.6 Å². The molecule has 0 aliphatic rings. The zero-order valence-corrected chi connectivity index (χ0v) is 9.87. The van der Waals surface area contributed by atoms with Crippen LogP contribution in [0, 0.1) is 10.1 Å². The molecule has 1 rings (SSSR count). The lowest BCUT2D eigenvalue weighted by Gasteiger charge is -2.06. The van der Waals surface area contributed by atoms with Crippen molar-refractivity contribution in [2.75, 3.05) is 39.3 Å². The van der Waals surface area contributed by atoms with Gasteiger partial charge in [-0.1, -0.05) is 0 Å². The molecule has 0 saturated heterocycles. The van der Waals surface area contributed by atoms with Gasteiger partial charge in [0.25, 0.3) is 5.88 Å². The molecule has 0 fully saturated rings. The predicted molar refractivity (Wildman–Crippen MR) is 61.3 cm³/mol. The largest absolute Gasteiger partial charge is 0.470 e. The lowest BCUT2D eigenvalue weighted by Crippen LogP contribution is -2.12. The van der Waals surface area contributed by atoms with E-state index in [0.29, 0.717) is 13.2 Å². The number of aromatic nitrogens is 2. The van der Waals surface area contributed by atoms with E-state index in [-0.39, 0.29) is 24.9 Å². The van der Waals surface area contributed by atoms with Crippen LogP contribution >= 0.6 is 0 Å². The van der Waals surface area contributed by atoms with Gasteiger partial charge in [0.1, 0.15) is 12.9 Å². The van der Waals surface area contributed by atoms with E-state index in [9.17, 15) is 10.1 Å². The number of nitro groups is 1. The molecule has 0 bridgehead atoms. The third-order valence-electron chi connectivity index (χ3n) is 1.90. The first-order chi connectivity index (χ1) is 8.66. The Kier molecular flexibility index (Phi) is 5.74. The normalized spacial score (nSPS) is 10.3. The molecule has 0 aromatic carbocycles. The Morgan fingerprint density at radius 2 is 2.06 bits per heavy atom. The van der Waals surface area contributed by atoms with Crippen LogP contribution in [-0.4, -0.2) is 48.4 Å². The minimum Gasteiger partial charge on any atom is -0.470 e. The summed E-state index contributed by atoms with van der Waals surface area (Å²) in [4.78, 5) is 17.2. The van der Waals surface area contributed by atoms with Gasteiger partial charge in [-0.15, -0.1) is 0 Å². The predicted octanol–water partition coefficient (Wildman–Crippen LogP) is 0.00880. The summed E-state index contributed by atoms with van der Waals surface area (Å²) in [7, 11) is 1.56. The summed E-state index contributed by atoms with van der Waals surface area (Å²) in [5.74, 6) is -0.395. The Morgan fingerprint density at radius 1 is 1.33 bits per heavy atom. The second-order valence-corrected chi connectivity index (χ2v) is 3.12. The van der Waals surface area contributed by atoms with Gasteiger partial charge in [-0.2, -0.15) is 4.98 Å². The molecule has 0 spiro atoms. The molecule has 9 nitrogen and oxygen atoms in total. The van der Waals surface area contributed by atoms with Gasteiger partial charge < -0.3 is 19.9 Å². The number of rotatable bonds is 8. The molecule has 0 aliphatic carbocycles. The fraction of sp³-hybridized carbons (Fsp3) is 0.556. The third-order valence-corrected chi connectivity index (χ3v) is 1.90. The van der Waals surface area contributed by atoms with Crippen LogP contribution < -0.4 is 10.5 Å². The zero-order valence-electron chi connectivity index (χ0n) is 9.87. The highest BCUT2D eigenvalue weighted by molar-refractivity contribution is 5.57. The van der Waals surface area contributed by atoms with Crippen LogP contribution in [0.3, 0.4) is 0 Å². The van der Waals surface area contributed by atoms with Crippen molar-refractivity contribution in [1.29, 1.82) is 0 Å². The SMILES string of the molecule is COCCOCCOc1ncnc(N)c1[N+](=O)[O-]. The topological polar surface area (TPSA) is 123 Å². The molecule has 1 heterocycles. The Bertz CT molecular complexity index is 401. The number of hydrogen-bond acceptors (Lipinski definition) is 8. The molecule has 9 heteroatoms. The number of hydrogen-bond donors (Lipinski definition) is 1. The van der Waals surface area contributed by atoms with Crippen LogP contribution in [-0.2, 0) is 9.47 Å². The van der Waals surface area contributed by atoms with Crippen LogP contribution in [0.2, 0.25) is 0 Å². The van der Waals surface area contributed by atoms with Gasteiger partial charge in [0.2, 0.25) is 5.82 Å². The molecule has 0 aliphatic heterocycles. The summed E-state index contributed by atoms with van der Waals surface area (Å²) in [5, 5.41) is 10.7. The molecule has 0 amide bonds. The standard InChI is InChI=1S/C9H14N4O5/c1-16-2-3-17-4-5-18-9-7(13(14)15)8(10)11-6-12-9/h6H,2-5H2,1H3,(H2,10,11,12). The van der Waals surface area contributed by atoms with E-state index in [2.05, 4.69) is 9.97 Å². The monoisotopic (exact) mass is 258 g/mol. The number of nitrogens with zero attached hydrogens (tertiary/aromatic N) is 3. The van der Waals surface area contributed by atoms with Gasteiger partial charge in [-0.05, 0) is 0 Å². The van der Waals surface area contributed by atoms with Crippen molar-refractivity contribution in [3.8, 4) is 5.88 Å². The van der Waals surface area contributed by atoms with Crippen molar-refractivity contribution >= 4 is 11.5 Å². The average Bonchev–Trinajstić information content (AvgIpc) is 2.33. The zero-order chi connectivity index (χ0) is 13.4. The second kappa shape index (κ2) is 7.35. The van der Waals surface area contributed by atoms with E-state index in [1.54, 1.807) is 7.11 Å². The maximum absolute atomic E-state index is 10.7. The van der Waals surface area contributed by atoms with Crippen molar-refractivity contribution < 1.29 is 19.1 Å². The fourth-order valence-electron chi connectivity index (χ4n) is 1.09. The Hall–Kier alpha value is -2.00. The summed E-state index contributed by atoms with van der Waals surface area (Å²) in [6.45, 7) is 1.29. The molecule has 0 radical (unpaired) electrons. The van der Waals surface area contributed by atoms with Crippen LogP contribution in [0.4, 0.5) is 11.5 Å². The van der Waals surface area contributed by atoms with Crippen molar-refractivity contribution in [2.45, 2.75) is 0 Å². The van der Waals surface area contributed by atoms with E-state index in [0.717, 1.165) is 6.33 Å². The molecule has 100 valence electrons. The molecule has 18 heavy (non-hydrogen) atoms. The second-order valence-electron chi connectivity index (χ2n) is 3.12. The van der Waals surface area contributed by atoms with E-state index in [4.69, 9.17) is 19.9 Å². The van der Waals surface area contributed by atoms with Gasteiger partial charge in [0.15, 0.2) is 0 Å². The number of methoxy groups -OCH3 is 1. The summed E-state index contributed by atoms with van der Waals surface area (Å²) < 4.78 is 15.0. The Morgan fingerprint density at radius 3 is 2.72 bits per heavy atom. The molecular weight excluding hydrogens is 244 g/mol. The first-order valence-electron chi connectivity index (χ1n) is 5.11. The summed E-state index contributed by atoms with van der Waals surface area (Å²) >= 11 is 0. The van der Waals surface area contributed by atoms with Crippen LogP contribution in [0.1, 0.15) is 0 Å². The lowest BCUT2D eigenvalue weighted by molar-refractivity contribution is -0.385. The van der Waals surface area contributed by atoms with E-state index >= 15 is 0 Å². The molecule has 0 atom stereocenters. The molecule has 1 aromatic rings. The fourth-order valence-corrected chi connectivity index (χ4v) is 1.09. The van der Waals surface area contributed by atoms with E-state index in [1.165, 1.54) is 0 Å². The lowest BCUT2D eigenvalue weighted by atomic mass is 10.4. The van der Waals surface area contributed by atoms with Crippen LogP contribution in [0.25, 0.3) is 0 Å². The average molecular weight is 258 g/mol. The van der Waals surface area contributed by atoms with Crippen molar-refractivity contribution in [2.24, 2.45) is 0 Å². The number of nitrogen functional groups attached to an aromatic ring is 1. The maximum atomic E-state index is 10.7. The van der Waals surface area contributed by atoms with Crippen molar-refractivity contribution in [3.63, 3.8) is 0 Å². The summed E-state index contributed by atoms with van der Waals surface area (Å²) in [6, 6.07) is 0. The minimum absolute atomic E-state index is 0.126. The Balaban J connectivity index is 2.47. The smallest absolute Gasteiger partial charge is 0.372 e. The Labute approximate surface area is 103 Å². The summed E-state index contributed by atoms with van der Waals surface area (Å²) in [5.41, 5.74) is 4.94. The number of anilines is 1. The van der Waals surface area contributed by atoms with Crippen LogP contribution in [0.15, 0.2) is 6.33 Å². The summed E-state index contributed by atoms with van der Waals surface area (Å²) in [6.07, 6.45) is 1.10. The van der Waals surface area contributed by atoms with Gasteiger partial charge >= 0.3 is 5.69 Å². The number of ether oxygens (including phenoxy) is 3. The van der Waals surface area contributed by atoms with Gasteiger partial charge in [-0.25, -0.2) is 4.98 Å². The molecule has 1 aromatic heterocycles.